The van der Waals surface area contributed by atoms with Crippen LogP contribution >= 0.6 is 0 Å². The zero-order chi connectivity index (χ0) is 27.2. The summed E-state index contributed by atoms with van der Waals surface area (Å²) < 4.78 is 5.83. The lowest BCUT2D eigenvalue weighted by molar-refractivity contribution is -0.129. The van der Waals surface area contributed by atoms with E-state index in [9.17, 15) is 14.4 Å². The SMILES string of the molecule is CCC(=O)CCCCC[C@@H](NC(=O)C1CCC2(CC1)OC(=O)c1ccncc12)c1ncc(-c2ccccc2)[nH]1. The van der Waals surface area contributed by atoms with Crippen LogP contribution in [-0.4, -0.2) is 32.6 Å². The van der Waals surface area contributed by atoms with Gasteiger partial charge in [-0.25, -0.2) is 9.78 Å². The second kappa shape index (κ2) is 11.9. The average Bonchev–Trinajstić information content (AvgIpc) is 3.56. The summed E-state index contributed by atoms with van der Waals surface area (Å²) in [6, 6.07) is 11.5. The molecule has 0 saturated heterocycles. The zero-order valence-electron chi connectivity index (χ0n) is 22.4. The second-order valence-corrected chi connectivity index (χ2v) is 10.7. The Morgan fingerprint density at radius 3 is 2.67 bits per heavy atom. The fourth-order valence-electron chi connectivity index (χ4n) is 5.81. The van der Waals surface area contributed by atoms with E-state index in [1.54, 1.807) is 18.5 Å². The van der Waals surface area contributed by atoms with E-state index < -0.39 is 5.60 Å². The molecule has 1 saturated carbocycles. The number of nitrogens with one attached hydrogen (secondary N) is 2. The molecule has 2 aliphatic rings. The largest absolute Gasteiger partial charge is 0.450 e. The smallest absolute Gasteiger partial charge is 0.339 e. The first-order valence-corrected chi connectivity index (χ1v) is 14.1. The van der Waals surface area contributed by atoms with E-state index in [1.165, 1.54) is 0 Å². The molecule has 2 aromatic heterocycles. The van der Waals surface area contributed by atoms with Gasteiger partial charge in [-0.15, -0.1) is 0 Å². The van der Waals surface area contributed by atoms with Crippen LogP contribution in [0.1, 0.15) is 98.9 Å². The lowest BCUT2D eigenvalue weighted by atomic mass is 9.75. The molecule has 1 amide bonds. The Hall–Kier alpha value is -3.81. The van der Waals surface area contributed by atoms with E-state index in [0.29, 0.717) is 49.9 Å². The maximum Gasteiger partial charge on any atom is 0.339 e. The van der Waals surface area contributed by atoms with E-state index in [-0.39, 0.29) is 23.8 Å². The summed E-state index contributed by atoms with van der Waals surface area (Å²) in [4.78, 5) is 49.8. The quantitative estimate of drug-likeness (QED) is 0.240. The topological polar surface area (TPSA) is 114 Å². The fraction of sp³-hybridized carbons (Fsp3) is 0.452. The molecule has 0 unspecified atom stereocenters. The van der Waals surface area contributed by atoms with E-state index in [4.69, 9.17) is 4.74 Å². The molecule has 1 atom stereocenters. The van der Waals surface area contributed by atoms with Crippen molar-refractivity contribution < 1.29 is 19.1 Å². The van der Waals surface area contributed by atoms with E-state index >= 15 is 0 Å². The Morgan fingerprint density at radius 1 is 1.10 bits per heavy atom. The van der Waals surface area contributed by atoms with Crippen LogP contribution in [0.5, 0.6) is 0 Å². The molecule has 8 heteroatoms. The lowest BCUT2D eigenvalue weighted by Crippen LogP contribution is -2.40. The average molecular weight is 529 g/mol. The number of unbranched alkanes of at least 4 members (excludes halogenated alkanes) is 2. The Balaban J connectivity index is 1.24. The third-order valence-electron chi connectivity index (χ3n) is 8.15. The number of benzene rings is 1. The van der Waals surface area contributed by atoms with Crippen LogP contribution in [0, 0.1) is 5.92 Å². The monoisotopic (exact) mass is 528 g/mol. The number of pyridine rings is 1. The van der Waals surface area contributed by atoms with Gasteiger partial charge in [0.1, 0.15) is 17.2 Å². The number of aromatic amines is 1. The predicted molar refractivity (Wildman–Crippen MR) is 147 cm³/mol. The van der Waals surface area contributed by atoms with Crippen molar-refractivity contribution in [2.75, 3.05) is 0 Å². The Labute approximate surface area is 229 Å². The Bertz CT molecular complexity index is 1310. The number of hydrogen-bond donors (Lipinski definition) is 2. The molecule has 1 spiro atoms. The third kappa shape index (κ3) is 5.95. The van der Waals surface area contributed by atoms with E-state index in [0.717, 1.165) is 48.3 Å². The number of imidazole rings is 1. The second-order valence-electron chi connectivity index (χ2n) is 10.7. The summed E-state index contributed by atoms with van der Waals surface area (Å²) in [7, 11) is 0. The van der Waals surface area contributed by atoms with Gasteiger partial charge in [-0.05, 0) is 50.2 Å². The number of fused-ring (bicyclic) bond motifs is 2. The molecule has 8 nitrogen and oxygen atoms in total. The molecule has 1 aliphatic heterocycles. The van der Waals surface area contributed by atoms with Crippen molar-refractivity contribution in [2.45, 2.75) is 82.8 Å². The van der Waals surface area contributed by atoms with Gasteiger partial charge in [0, 0.05) is 36.7 Å². The van der Waals surface area contributed by atoms with Gasteiger partial charge >= 0.3 is 5.97 Å². The number of ether oxygens (including phenoxy) is 1. The van der Waals surface area contributed by atoms with Crippen LogP contribution in [-0.2, 0) is 19.9 Å². The summed E-state index contributed by atoms with van der Waals surface area (Å²) in [6.45, 7) is 1.90. The lowest BCUT2D eigenvalue weighted by Gasteiger charge is -2.36. The standard InChI is InChI=1S/C31H36N4O4/c1-2-23(36)11-7-4-8-12-26(28-33-20-27(34-28)21-9-5-3-6-10-21)35-29(37)22-13-16-31(17-14-22)25-19-32-18-15-24(25)30(38)39-31/h3,5-6,9-10,15,18-20,22,26H,2,4,7-8,11-14,16-17H2,1H3,(H,33,34)(H,35,37)/t22?,26-,31?/m1/s1. The number of rotatable bonds is 11. The number of nitrogens with zero attached hydrogens (tertiary/aromatic N) is 2. The molecule has 1 aromatic carbocycles. The van der Waals surface area contributed by atoms with Crippen molar-refractivity contribution >= 4 is 17.7 Å². The highest BCUT2D eigenvalue weighted by Gasteiger charge is 2.48. The van der Waals surface area contributed by atoms with Crippen molar-refractivity contribution in [3.05, 3.63) is 71.9 Å². The first-order valence-electron chi connectivity index (χ1n) is 14.1. The van der Waals surface area contributed by atoms with Gasteiger partial charge in [0.15, 0.2) is 0 Å². The minimum Gasteiger partial charge on any atom is -0.450 e. The molecule has 2 N–H and O–H groups in total. The molecule has 204 valence electrons. The van der Waals surface area contributed by atoms with Crippen LogP contribution in [0.4, 0.5) is 0 Å². The first kappa shape index (κ1) is 26.8. The highest BCUT2D eigenvalue weighted by molar-refractivity contribution is 5.94. The summed E-state index contributed by atoms with van der Waals surface area (Å²) >= 11 is 0. The van der Waals surface area contributed by atoms with Gasteiger partial charge in [-0.1, -0.05) is 50.1 Å². The number of ketones is 1. The van der Waals surface area contributed by atoms with Crippen LogP contribution in [0.15, 0.2) is 55.0 Å². The number of Topliss-reactive ketones (excluding diaryl/α,β-unsaturated/α-hetero) is 1. The number of esters is 1. The maximum absolute atomic E-state index is 13.5. The van der Waals surface area contributed by atoms with Gasteiger partial charge in [0.25, 0.3) is 0 Å². The molecule has 0 radical (unpaired) electrons. The fourth-order valence-corrected chi connectivity index (χ4v) is 5.81. The summed E-state index contributed by atoms with van der Waals surface area (Å²) in [5.74, 6) is 0.569. The Kier molecular flexibility index (Phi) is 8.19. The van der Waals surface area contributed by atoms with Crippen LogP contribution in [0.2, 0.25) is 0 Å². The minimum absolute atomic E-state index is 0.00408. The highest BCUT2D eigenvalue weighted by Crippen LogP contribution is 2.47. The maximum atomic E-state index is 13.5. The molecule has 3 aromatic rings. The number of carbonyl (C=O) groups excluding carboxylic acids is 3. The third-order valence-corrected chi connectivity index (χ3v) is 8.15. The molecule has 5 rings (SSSR count). The van der Waals surface area contributed by atoms with Crippen molar-refractivity contribution in [1.82, 2.24) is 20.3 Å². The van der Waals surface area contributed by atoms with Gasteiger partial charge in [-0.2, -0.15) is 0 Å². The molecule has 0 bridgehead atoms. The van der Waals surface area contributed by atoms with Crippen molar-refractivity contribution in [1.29, 1.82) is 0 Å². The highest BCUT2D eigenvalue weighted by atomic mass is 16.6. The summed E-state index contributed by atoms with van der Waals surface area (Å²) in [5, 5.41) is 3.27. The molecule has 39 heavy (non-hydrogen) atoms. The molecule has 1 fully saturated rings. The molecular weight excluding hydrogens is 492 g/mol. The number of hydrogen-bond acceptors (Lipinski definition) is 6. The summed E-state index contributed by atoms with van der Waals surface area (Å²) in [5.41, 5.74) is 2.71. The Morgan fingerprint density at radius 2 is 1.90 bits per heavy atom. The van der Waals surface area contributed by atoms with E-state index in [2.05, 4.69) is 20.3 Å². The number of H-pyrrole nitrogens is 1. The first-order chi connectivity index (χ1) is 19.0. The minimum atomic E-state index is -0.668. The number of aromatic nitrogens is 3. The van der Waals surface area contributed by atoms with Crippen molar-refractivity contribution in [3.8, 4) is 11.3 Å². The predicted octanol–water partition coefficient (Wildman–Crippen LogP) is 5.81. The number of carbonyl (C=O) groups is 3. The van der Waals surface area contributed by atoms with Gasteiger partial charge in [0.05, 0.1) is 23.5 Å². The zero-order valence-corrected chi connectivity index (χ0v) is 22.4. The van der Waals surface area contributed by atoms with Crippen molar-refractivity contribution in [3.63, 3.8) is 0 Å². The van der Waals surface area contributed by atoms with Crippen LogP contribution in [0.3, 0.4) is 0 Å². The van der Waals surface area contributed by atoms with Gasteiger partial charge < -0.3 is 15.0 Å². The van der Waals surface area contributed by atoms with Crippen LogP contribution in [0.25, 0.3) is 11.3 Å². The van der Waals surface area contributed by atoms with Crippen molar-refractivity contribution in [2.24, 2.45) is 5.92 Å². The summed E-state index contributed by atoms with van der Waals surface area (Å²) in [6.07, 6.45) is 12.2. The molecule has 3 heterocycles. The van der Waals surface area contributed by atoms with Gasteiger partial charge in [-0.3, -0.25) is 14.6 Å². The molecule has 1 aliphatic carbocycles. The van der Waals surface area contributed by atoms with Gasteiger partial charge in [0.2, 0.25) is 5.91 Å². The van der Waals surface area contributed by atoms with E-state index in [1.807, 2.05) is 43.5 Å². The van der Waals surface area contributed by atoms with Crippen LogP contribution < -0.4 is 5.32 Å². The normalized spacial score (nSPS) is 20.8. The number of amides is 1. The molecular formula is C31H36N4O4.